The Morgan fingerprint density at radius 2 is 1.85 bits per heavy atom. The van der Waals surface area contributed by atoms with Crippen molar-refractivity contribution in [1.29, 1.82) is 0 Å². The van der Waals surface area contributed by atoms with Crippen molar-refractivity contribution in [2.24, 2.45) is 0 Å². The van der Waals surface area contributed by atoms with Gasteiger partial charge in [-0.25, -0.2) is 18.4 Å². The highest BCUT2D eigenvalue weighted by molar-refractivity contribution is 7.90. The number of hydrogen-bond acceptors (Lipinski definition) is 7. The Hall–Kier alpha value is -2.39. The quantitative estimate of drug-likeness (QED) is 0.705. The third-order valence-electron chi connectivity index (χ3n) is 4.25. The molecule has 1 aliphatic rings. The summed E-state index contributed by atoms with van der Waals surface area (Å²) in [5, 5.41) is -0.387. The molecule has 0 N–H and O–H groups in total. The van der Waals surface area contributed by atoms with Crippen LogP contribution in [0.3, 0.4) is 0 Å². The number of carbonyl (C=O) groups is 1. The van der Waals surface area contributed by atoms with Crippen LogP contribution in [-0.2, 0) is 9.84 Å². The van der Waals surface area contributed by atoms with Crippen molar-refractivity contribution < 1.29 is 17.9 Å². The van der Waals surface area contributed by atoms with E-state index in [1.807, 2.05) is 24.3 Å². The van der Waals surface area contributed by atoms with Gasteiger partial charge in [-0.1, -0.05) is 23.7 Å². The first-order chi connectivity index (χ1) is 12.8. The number of sulfone groups is 1. The summed E-state index contributed by atoms with van der Waals surface area (Å²) < 4.78 is 28.7. The number of methoxy groups -OCH3 is 1. The van der Waals surface area contributed by atoms with E-state index in [4.69, 9.17) is 16.3 Å². The summed E-state index contributed by atoms with van der Waals surface area (Å²) in [5.74, 6) is 0.362. The third-order valence-corrected chi connectivity index (χ3v) is 5.39. The molecule has 2 aromatic rings. The Labute approximate surface area is 162 Å². The minimum Gasteiger partial charge on any atom is -0.495 e. The summed E-state index contributed by atoms with van der Waals surface area (Å²) in [7, 11) is -2.01. The van der Waals surface area contributed by atoms with Crippen LogP contribution in [0.4, 0.5) is 5.69 Å². The average Bonchev–Trinajstić information content (AvgIpc) is 2.67. The largest absolute Gasteiger partial charge is 0.495 e. The molecule has 1 fully saturated rings. The van der Waals surface area contributed by atoms with Crippen molar-refractivity contribution in [3.8, 4) is 5.75 Å². The van der Waals surface area contributed by atoms with Gasteiger partial charge in [0.25, 0.3) is 5.91 Å². The predicted octanol–water partition coefficient (Wildman–Crippen LogP) is 1.50. The molecule has 2 heterocycles. The summed E-state index contributed by atoms with van der Waals surface area (Å²) in [4.78, 5) is 24.1. The van der Waals surface area contributed by atoms with Crippen LogP contribution in [-0.4, -0.2) is 68.7 Å². The van der Waals surface area contributed by atoms with Crippen LogP contribution in [0.1, 0.15) is 10.5 Å². The van der Waals surface area contributed by atoms with Crippen molar-refractivity contribution in [3.63, 3.8) is 0 Å². The van der Waals surface area contributed by atoms with E-state index in [0.717, 1.165) is 23.9 Å². The number of halogens is 1. The number of nitrogens with zero attached hydrogens (tertiary/aromatic N) is 4. The number of aromatic nitrogens is 2. The van der Waals surface area contributed by atoms with E-state index in [0.29, 0.717) is 26.2 Å². The zero-order chi connectivity index (χ0) is 19.6. The van der Waals surface area contributed by atoms with Gasteiger partial charge >= 0.3 is 0 Å². The number of rotatable bonds is 4. The van der Waals surface area contributed by atoms with E-state index < -0.39 is 20.9 Å². The van der Waals surface area contributed by atoms with Crippen molar-refractivity contribution >= 4 is 33.0 Å². The number of amides is 1. The number of benzene rings is 1. The second-order valence-electron chi connectivity index (χ2n) is 6.07. The summed E-state index contributed by atoms with van der Waals surface area (Å²) in [5.41, 5.74) is 0.865. The van der Waals surface area contributed by atoms with Crippen LogP contribution in [0.25, 0.3) is 0 Å². The van der Waals surface area contributed by atoms with E-state index in [2.05, 4.69) is 14.9 Å². The highest BCUT2D eigenvalue weighted by Crippen LogP contribution is 2.28. The lowest BCUT2D eigenvalue weighted by molar-refractivity contribution is 0.0740. The van der Waals surface area contributed by atoms with Gasteiger partial charge in [-0.3, -0.25) is 4.79 Å². The molecule has 8 nitrogen and oxygen atoms in total. The van der Waals surface area contributed by atoms with Crippen LogP contribution in [0.5, 0.6) is 5.75 Å². The Kier molecular flexibility index (Phi) is 5.52. The van der Waals surface area contributed by atoms with Crippen molar-refractivity contribution in [3.05, 3.63) is 41.2 Å². The molecule has 10 heteroatoms. The molecule has 27 heavy (non-hydrogen) atoms. The third kappa shape index (κ3) is 4.14. The summed E-state index contributed by atoms with van der Waals surface area (Å²) in [6.45, 7) is 2.11. The average molecular weight is 411 g/mol. The molecule has 0 bridgehead atoms. The summed E-state index contributed by atoms with van der Waals surface area (Å²) >= 11 is 6.03. The molecule has 0 unspecified atom stereocenters. The first-order valence-corrected chi connectivity index (χ1v) is 10.5. The van der Waals surface area contributed by atoms with Gasteiger partial charge in [0.05, 0.1) is 24.0 Å². The number of anilines is 1. The first-order valence-electron chi connectivity index (χ1n) is 8.21. The standard InChI is InChI=1S/C17H19ClN4O4S/c1-26-14-6-4-3-5-13(14)21-7-9-22(10-8-21)16(23)15-12(18)11-19-17(20-15)27(2,24)25/h3-6,11H,7-10H2,1-2H3. The highest BCUT2D eigenvalue weighted by atomic mass is 35.5. The van der Waals surface area contributed by atoms with Crippen LogP contribution in [0.15, 0.2) is 35.6 Å². The fourth-order valence-electron chi connectivity index (χ4n) is 2.87. The molecule has 0 radical (unpaired) electrons. The number of hydrogen-bond donors (Lipinski definition) is 0. The number of piperazine rings is 1. The summed E-state index contributed by atoms with van der Waals surface area (Å²) in [6.07, 6.45) is 2.12. The van der Waals surface area contributed by atoms with Crippen LogP contribution in [0, 0.1) is 0 Å². The lowest BCUT2D eigenvalue weighted by Gasteiger charge is -2.36. The molecule has 0 saturated carbocycles. The monoisotopic (exact) mass is 410 g/mol. The van der Waals surface area contributed by atoms with Crippen LogP contribution >= 0.6 is 11.6 Å². The fourth-order valence-corrected chi connectivity index (χ4v) is 3.54. The molecule has 1 aromatic carbocycles. The molecule has 1 aromatic heterocycles. The molecule has 0 atom stereocenters. The molecular weight excluding hydrogens is 392 g/mol. The van der Waals surface area contributed by atoms with Gasteiger partial charge in [0.2, 0.25) is 15.0 Å². The topological polar surface area (TPSA) is 92.7 Å². The van der Waals surface area contributed by atoms with E-state index in [1.165, 1.54) is 0 Å². The van der Waals surface area contributed by atoms with Crippen LogP contribution < -0.4 is 9.64 Å². The normalized spacial score (nSPS) is 14.9. The Bertz CT molecular complexity index is 959. The predicted molar refractivity (Wildman–Crippen MR) is 101 cm³/mol. The van der Waals surface area contributed by atoms with Gasteiger partial charge in [-0.15, -0.1) is 0 Å². The minimum atomic E-state index is -3.63. The maximum atomic E-state index is 12.8. The lowest BCUT2D eigenvalue weighted by Crippen LogP contribution is -2.49. The van der Waals surface area contributed by atoms with E-state index >= 15 is 0 Å². The zero-order valence-electron chi connectivity index (χ0n) is 14.9. The maximum Gasteiger partial charge on any atom is 0.274 e. The zero-order valence-corrected chi connectivity index (χ0v) is 16.5. The van der Waals surface area contributed by atoms with Crippen molar-refractivity contribution in [1.82, 2.24) is 14.9 Å². The second kappa shape index (κ2) is 7.69. The Morgan fingerprint density at radius 3 is 2.48 bits per heavy atom. The SMILES string of the molecule is COc1ccccc1N1CCN(C(=O)c2nc(S(C)(=O)=O)ncc2Cl)CC1. The van der Waals surface area contributed by atoms with E-state index in [1.54, 1.807) is 12.0 Å². The summed E-state index contributed by atoms with van der Waals surface area (Å²) in [6, 6.07) is 7.69. The molecule has 144 valence electrons. The number of carbonyl (C=O) groups excluding carboxylic acids is 1. The van der Waals surface area contributed by atoms with Gasteiger partial charge in [-0.05, 0) is 12.1 Å². The van der Waals surface area contributed by atoms with Gasteiger partial charge < -0.3 is 14.5 Å². The maximum absolute atomic E-state index is 12.8. The molecule has 1 amide bonds. The smallest absolute Gasteiger partial charge is 0.274 e. The minimum absolute atomic E-state index is 0.0274. The molecule has 1 saturated heterocycles. The number of ether oxygens (including phenoxy) is 1. The van der Waals surface area contributed by atoms with E-state index in [9.17, 15) is 13.2 Å². The molecule has 1 aliphatic heterocycles. The molecular formula is C17H19ClN4O4S. The molecule has 0 aliphatic carbocycles. The van der Waals surface area contributed by atoms with Crippen LogP contribution in [0.2, 0.25) is 5.02 Å². The van der Waals surface area contributed by atoms with Crippen molar-refractivity contribution in [2.45, 2.75) is 5.16 Å². The van der Waals surface area contributed by atoms with Gasteiger partial charge in [0.15, 0.2) is 5.69 Å². The van der Waals surface area contributed by atoms with Gasteiger partial charge in [-0.2, -0.15) is 0 Å². The number of para-hydroxylation sites is 2. The first kappa shape index (κ1) is 19.4. The Balaban J connectivity index is 1.76. The molecule has 3 rings (SSSR count). The Morgan fingerprint density at radius 1 is 1.19 bits per heavy atom. The van der Waals surface area contributed by atoms with E-state index in [-0.39, 0.29) is 10.7 Å². The fraction of sp³-hybridized carbons (Fsp3) is 0.353. The lowest BCUT2D eigenvalue weighted by atomic mass is 10.2. The second-order valence-corrected chi connectivity index (χ2v) is 8.39. The highest BCUT2D eigenvalue weighted by Gasteiger charge is 2.27. The molecule has 0 spiro atoms. The van der Waals surface area contributed by atoms with Gasteiger partial charge in [0, 0.05) is 32.4 Å². The van der Waals surface area contributed by atoms with Gasteiger partial charge in [0.1, 0.15) is 5.75 Å². The van der Waals surface area contributed by atoms with Crippen molar-refractivity contribution in [2.75, 3.05) is 44.4 Å².